The minimum absolute atomic E-state index is 0.144. The molecule has 0 aromatic heterocycles. The smallest absolute Gasteiger partial charge is 0.0317 e. The normalized spacial score (nSPS) is 12.7. The molecule has 2 nitrogen and oxygen atoms in total. The zero-order chi connectivity index (χ0) is 11.1. The Balaban J connectivity index is 2.36. The summed E-state index contributed by atoms with van der Waals surface area (Å²) < 4.78 is 0. The van der Waals surface area contributed by atoms with Crippen LogP contribution in [0, 0.1) is 0 Å². The molecule has 1 rings (SSSR count). The Morgan fingerprint density at radius 1 is 1.20 bits per heavy atom. The van der Waals surface area contributed by atoms with Crippen molar-refractivity contribution in [2.45, 2.75) is 45.1 Å². The Morgan fingerprint density at radius 2 is 2.00 bits per heavy atom. The van der Waals surface area contributed by atoms with Crippen LogP contribution in [0.1, 0.15) is 50.6 Å². The van der Waals surface area contributed by atoms with E-state index < -0.39 is 0 Å². The van der Waals surface area contributed by atoms with Crippen LogP contribution in [0.5, 0.6) is 0 Å². The van der Waals surface area contributed by atoms with Crippen molar-refractivity contribution in [2.24, 2.45) is 5.73 Å². The maximum Gasteiger partial charge on any atom is 0.0317 e. The van der Waals surface area contributed by atoms with E-state index in [0.717, 1.165) is 17.7 Å². The van der Waals surface area contributed by atoms with Gasteiger partial charge in [-0.05, 0) is 24.1 Å². The molecule has 0 aliphatic carbocycles. The highest BCUT2D eigenvalue weighted by Gasteiger charge is 2.05. The van der Waals surface area contributed by atoms with Crippen molar-refractivity contribution in [3.8, 4) is 0 Å². The molecule has 0 bridgehead atoms. The number of unbranched alkanes of at least 4 members (excludes halogenated alkanes) is 3. The lowest BCUT2D eigenvalue weighted by Gasteiger charge is -2.12. The number of benzene rings is 1. The van der Waals surface area contributed by atoms with Crippen molar-refractivity contribution in [1.82, 2.24) is 0 Å². The van der Waals surface area contributed by atoms with Crippen LogP contribution in [-0.4, -0.2) is 0 Å². The van der Waals surface area contributed by atoms with Gasteiger partial charge >= 0.3 is 0 Å². The van der Waals surface area contributed by atoms with Crippen LogP contribution >= 0.6 is 0 Å². The lowest BCUT2D eigenvalue weighted by molar-refractivity contribution is 0.566. The summed E-state index contributed by atoms with van der Waals surface area (Å²) in [5.41, 5.74) is 13.8. The third-order valence-corrected chi connectivity index (χ3v) is 2.71. The fraction of sp³-hybridized carbons (Fsp3) is 0.538. The Bertz CT molecular complexity index is 284. The van der Waals surface area contributed by atoms with Crippen molar-refractivity contribution in [3.05, 3.63) is 29.8 Å². The highest BCUT2D eigenvalue weighted by Crippen LogP contribution is 2.19. The second-order valence-electron chi connectivity index (χ2n) is 4.13. The number of anilines is 1. The van der Waals surface area contributed by atoms with Crippen molar-refractivity contribution in [3.63, 3.8) is 0 Å². The second-order valence-corrected chi connectivity index (χ2v) is 4.13. The lowest BCUT2D eigenvalue weighted by Crippen LogP contribution is -2.10. The minimum atomic E-state index is 0.144. The maximum absolute atomic E-state index is 6.09. The zero-order valence-corrected chi connectivity index (χ0v) is 9.58. The Labute approximate surface area is 92.7 Å². The first-order valence-electron chi connectivity index (χ1n) is 5.85. The summed E-state index contributed by atoms with van der Waals surface area (Å²) in [7, 11) is 0. The number of hydrogen-bond donors (Lipinski definition) is 2. The van der Waals surface area contributed by atoms with Crippen LogP contribution in [0.3, 0.4) is 0 Å². The molecule has 0 heterocycles. The number of rotatable bonds is 6. The molecule has 2 heteroatoms. The summed E-state index contributed by atoms with van der Waals surface area (Å²) in [4.78, 5) is 0. The van der Waals surface area contributed by atoms with Crippen LogP contribution in [-0.2, 0) is 0 Å². The van der Waals surface area contributed by atoms with Gasteiger partial charge in [0.1, 0.15) is 0 Å². The molecule has 1 aromatic rings. The molecule has 0 radical (unpaired) electrons. The van der Waals surface area contributed by atoms with Gasteiger partial charge in [-0.25, -0.2) is 0 Å². The molecule has 0 amide bonds. The van der Waals surface area contributed by atoms with Gasteiger partial charge in [0.15, 0.2) is 0 Å². The van der Waals surface area contributed by atoms with Crippen LogP contribution < -0.4 is 11.5 Å². The average Bonchev–Trinajstić information content (AvgIpc) is 2.24. The number of hydrogen-bond acceptors (Lipinski definition) is 2. The first kappa shape index (κ1) is 12.1. The summed E-state index contributed by atoms with van der Waals surface area (Å²) in [6.07, 6.45) is 6.14. The van der Waals surface area contributed by atoms with Gasteiger partial charge in [-0.3, -0.25) is 0 Å². The standard InChI is InChI=1S/C13H22N2/c1-2-3-4-5-9-13(15)11-7-6-8-12(14)10-11/h6-8,10,13H,2-5,9,14-15H2,1H3. The van der Waals surface area contributed by atoms with E-state index in [-0.39, 0.29) is 6.04 Å². The first-order chi connectivity index (χ1) is 7.24. The molecule has 0 saturated heterocycles. The quantitative estimate of drug-likeness (QED) is 0.554. The van der Waals surface area contributed by atoms with Gasteiger partial charge in [0.25, 0.3) is 0 Å². The van der Waals surface area contributed by atoms with Gasteiger partial charge in [0.2, 0.25) is 0 Å². The molecule has 0 spiro atoms. The topological polar surface area (TPSA) is 52.0 Å². The van der Waals surface area contributed by atoms with Crippen molar-refractivity contribution in [2.75, 3.05) is 5.73 Å². The third-order valence-electron chi connectivity index (χ3n) is 2.71. The largest absolute Gasteiger partial charge is 0.399 e. The molecule has 1 atom stereocenters. The molecule has 84 valence electrons. The van der Waals surface area contributed by atoms with Gasteiger partial charge < -0.3 is 11.5 Å². The van der Waals surface area contributed by atoms with E-state index in [2.05, 4.69) is 13.0 Å². The van der Waals surface area contributed by atoms with E-state index in [1.807, 2.05) is 18.2 Å². The molecular formula is C13H22N2. The third kappa shape index (κ3) is 4.34. The highest BCUT2D eigenvalue weighted by atomic mass is 14.6. The van der Waals surface area contributed by atoms with Crippen LogP contribution in [0.15, 0.2) is 24.3 Å². The molecule has 1 aromatic carbocycles. The summed E-state index contributed by atoms with van der Waals surface area (Å²) in [5, 5.41) is 0. The Morgan fingerprint density at radius 3 is 2.67 bits per heavy atom. The van der Waals surface area contributed by atoms with Crippen molar-refractivity contribution in [1.29, 1.82) is 0 Å². The summed E-state index contributed by atoms with van der Waals surface area (Å²) in [5.74, 6) is 0. The van der Waals surface area contributed by atoms with E-state index in [0.29, 0.717) is 0 Å². The molecular weight excluding hydrogens is 184 g/mol. The monoisotopic (exact) mass is 206 g/mol. The molecule has 0 saturated carbocycles. The van der Waals surface area contributed by atoms with Gasteiger partial charge in [0, 0.05) is 11.7 Å². The minimum Gasteiger partial charge on any atom is -0.399 e. The molecule has 15 heavy (non-hydrogen) atoms. The average molecular weight is 206 g/mol. The van der Waals surface area contributed by atoms with E-state index >= 15 is 0 Å². The highest BCUT2D eigenvalue weighted by molar-refractivity contribution is 5.41. The van der Waals surface area contributed by atoms with Crippen LogP contribution in [0.25, 0.3) is 0 Å². The van der Waals surface area contributed by atoms with Crippen LogP contribution in [0.2, 0.25) is 0 Å². The van der Waals surface area contributed by atoms with Gasteiger partial charge in [-0.15, -0.1) is 0 Å². The predicted molar refractivity (Wildman–Crippen MR) is 66.5 cm³/mol. The Kier molecular flexibility index (Phi) is 5.19. The molecule has 0 aliphatic rings. The van der Waals surface area contributed by atoms with E-state index in [4.69, 9.17) is 11.5 Å². The fourth-order valence-corrected chi connectivity index (χ4v) is 1.75. The number of nitrogens with two attached hydrogens (primary N) is 2. The number of nitrogen functional groups attached to an aromatic ring is 1. The van der Waals surface area contributed by atoms with Gasteiger partial charge in [-0.2, -0.15) is 0 Å². The zero-order valence-electron chi connectivity index (χ0n) is 9.58. The van der Waals surface area contributed by atoms with E-state index in [9.17, 15) is 0 Å². The molecule has 4 N–H and O–H groups in total. The van der Waals surface area contributed by atoms with Crippen molar-refractivity contribution < 1.29 is 0 Å². The predicted octanol–water partition coefficient (Wildman–Crippen LogP) is 3.24. The lowest BCUT2D eigenvalue weighted by atomic mass is 10.0. The van der Waals surface area contributed by atoms with Gasteiger partial charge in [-0.1, -0.05) is 44.7 Å². The summed E-state index contributed by atoms with van der Waals surface area (Å²) in [6, 6.07) is 8.04. The van der Waals surface area contributed by atoms with Crippen molar-refractivity contribution >= 4 is 5.69 Å². The second kappa shape index (κ2) is 6.46. The fourth-order valence-electron chi connectivity index (χ4n) is 1.75. The summed E-state index contributed by atoms with van der Waals surface area (Å²) in [6.45, 7) is 2.22. The SMILES string of the molecule is CCCCCCC(N)c1cccc(N)c1. The maximum atomic E-state index is 6.09. The molecule has 0 aliphatic heterocycles. The molecule has 0 fully saturated rings. The van der Waals surface area contributed by atoms with E-state index in [1.54, 1.807) is 0 Å². The van der Waals surface area contributed by atoms with E-state index in [1.165, 1.54) is 25.7 Å². The summed E-state index contributed by atoms with van der Waals surface area (Å²) >= 11 is 0. The first-order valence-corrected chi connectivity index (χ1v) is 5.85. The molecule has 1 unspecified atom stereocenters. The van der Waals surface area contributed by atoms with Gasteiger partial charge in [0.05, 0.1) is 0 Å². The Hall–Kier alpha value is -1.02. The van der Waals surface area contributed by atoms with Crippen LogP contribution in [0.4, 0.5) is 5.69 Å².